The van der Waals surface area contributed by atoms with Crippen LogP contribution in [-0.4, -0.2) is 25.5 Å². The fraction of sp³-hybridized carbons (Fsp3) is 0.357. The summed E-state index contributed by atoms with van der Waals surface area (Å²) in [6.45, 7) is 1.95. The molecule has 0 spiro atoms. The van der Waals surface area contributed by atoms with Gasteiger partial charge in [-0.15, -0.1) is 19.6 Å². The van der Waals surface area contributed by atoms with Crippen LogP contribution in [-0.2, 0) is 9.53 Å². The highest BCUT2D eigenvalue weighted by atomic mass is 19.4. The summed E-state index contributed by atoms with van der Waals surface area (Å²) in [5.74, 6) is 1.39. The Hall–Kier alpha value is -2.20. The van der Waals surface area contributed by atoms with Crippen molar-refractivity contribution < 1.29 is 27.4 Å². The van der Waals surface area contributed by atoms with E-state index in [9.17, 15) is 18.0 Å². The number of ether oxygens (including phenoxy) is 2. The van der Waals surface area contributed by atoms with Crippen LogP contribution in [0.5, 0.6) is 5.75 Å². The molecule has 1 rings (SSSR count). The number of terminal acetylenes is 1. The molecule has 7 heteroatoms. The van der Waals surface area contributed by atoms with Gasteiger partial charge in [0.2, 0.25) is 0 Å². The van der Waals surface area contributed by atoms with Crippen LogP contribution in [0, 0.1) is 12.3 Å². The summed E-state index contributed by atoms with van der Waals surface area (Å²) in [5, 5.41) is 2.76. The van der Waals surface area contributed by atoms with Gasteiger partial charge >= 0.3 is 12.3 Å². The van der Waals surface area contributed by atoms with Gasteiger partial charge in [0.1, 0.15) is 11.8 Å². The molecular formula is C14H14F3NO3. The van der Waals surface area contributed by atoms with Gasteiger partial charge in [-0.3, -0.25) is 5.32 Å². The van der Waals surface area contributed by atoms with Gasteiger partial charge in [-0.2, -0.15) is 0 Å². The Morgan fingerprint density at radius 2 is 2.00 bits per heavy atom. The third-order valence-electron chi connectivity index (χ3n) is 2.38. The highest BCUT2D eigenvalue weighted by molar-refractivity contribution is 5.77. The van der Waals surface area contributed by atoms with Gasteiger partial charge in [-0.1, -0.05) is 18.1 Å². The molecule has 0 heterocycles. The minimum atomic E-state index is -4.76. The fourth-order valence-corrected chi connectivity index (χ4v) is 1.59. The quantitative estimate of drug-likeness (QED) is 0.647. The normalized spacial score (nSPS) is 12.3. The van der Waals surface area contributed by atoms with E-state index < -0.39 is 18.4 Å². The van der Waals surface area contributed by atoms with Crippen molar-refractivity contribution in [3.63, 3.8) is 0 Å². The maximum absolute atomic E-state index is 12.1. The van der Waals surface area contributed by atoms with Crippen molar-refractivity contribution in [2.75, 3.05) is 13.2 Å². The number of benzene rings is 1. The fourth-order valence-electron chi connectivity index (χ4n) is 1.59. The molecule has 4 nitrogen and oxygen atoms in total. The second kappa shape index (κ2) is 7.55. The van der Waals surface area contributed by atoms with Crippen LogP contribution in [0.15, 0.2) is 24.3 Å². The SMILES string of the molecule is C#CCNC(C(=O)OCC)c1ccc(OC(F)(F)F)cc1. The Morgan fingerprint density at radius 1 is 1.38 bits per heavy atom. The summed E-state index contributed by atoms with van der Waals surface area (Å²) in [5.41, 5.74) is 0.429. The number of carbonyl (C=O) groups excluding carboxylic acids is 1. The van der Waals surface area contributed by atoms with Crippen molar-refractivity contribution in [2.45, 2.75) is 19.3 Å². The lowest BCUT2D eigenvalue weighted by molar-refractivity contribution is -0.274. The number of rotatable bonds is 6. The molecule has 0 amide bonds. The predicted molar refractivity (Wildman–Crippen MR) is 69.3 cm³/mol. The third kappa shape index (κ3) is 5.75. The minimum absolute atomic E-state index is 0.115. The van der Waals surface area contributed by atoms with Gasteiger partial charge in [0.15, 0.2) is 0 Å². The molecule has 1 unspecified atom stereocenters. The van der Waals surface area contributed by atoms with Crippen molar-refractivity contribution in [3.05, 3.63) is 29.8 Å². The first-order chi connectivity index (χ1) is 9.87. The lowest BCUT2D eigenvalue weighted by Crippen LogP contribution is -2.30. The topological polar surface area (TPSA) is 47.6 Å². The summed E-state index contributed by atoms with van der Waals surface area (Å²) in [4.78, 5) is 11.8. The number of halogens is 3. The molecule has 21 heavy (non-hydrogen) atoms. The summed E-state index contributed by atoms with van der Waals surface area (Å²) in [7, 11) is 0. The molecule has 1 aromatic carbocycles. The molecule has 0 aliphatic carbocycles. The standard InChI is InChI=1S/C14H14F3NO3/c1-3-9-18-12(13(19)20-4-2)10-5-7-11(8-6-10)21-14(15,16)17/h1,5-8,12,18H,4,9H2,2H3. The number of hydrogen-bond donors (Lipinski definition) is 1. The Labute approximate surface area is 120 Å². The number of nitrogens with one attached hydrogen (secondary N) is 1. The van der Waals surface area contributed by atoms with Gasteiger partial charge in [-0.05, 0) is 24.6 Å². The second-order valence-corrected chi connectivity index (χ2v) is 3.89. The maximum Gasteiger partial charge on any atom is 0.573 e. The van der Waals surface area contributed by atoms with Crippen molar-refractivity contribution >= 4 is 5.97 Å². The van der Waals surface area contributed by atoms with Crippen LogP contribution < -0.4 is 10.1 Å². The van der Waals surface area contributed by atoms with Crippen molar-refractivity contribution in [1.29, 1.82) is 0 Å². The number of carbonyl (C=O) groups is 1. The number of esters is 1. The largest absolute Gasteiger partial charge is 0.573 e. The van der Waals surface area contributed by atoms with E-state index in [1.165, 1.54) is 12.1 Å². The second-order valence-electron chi connectivity index (χ2n) is 3.89. The van der Waals surface area contributed by atoms with E-state index in [4.69, 9.17) is 11.2 Å². The summed E-state index contributed by atoms with van der Waals surface area (Å²) in [6.07, 6.45) is 0.353. The smallest absolute Gasteiger partial charge is 0.465 e. The van der Waals surface area contributed by atoms with Crippen LogP contribution in [0.3, 0.4) is 0 Å². The van der Waals surface area contributed by atoms with Crippen LogP contribution in [0.2, 0.25) is 0 Å². The van der Waals surface area contributed by atoms with E-state index in [1.54, 1.807) is 6.92 Å². The first kappa shape index (κ1) is 16.9. The molecule has 0 radical (unpaired) electrons. The first-order valence-corrected chi connectivity index (χ1v) is 6.06. The molecular weight excluding hydrogens is 287 g/mol. The Morgan fingerprint density at radius 3 is 2.48 bits per heavy atom. The Kier molecular flexibility index (Phi) is 6.06. The van der Waals surface area contributed by atoms with Crippen LogP contribution >= 0.6 is 0 Å². The Bertz CT molecular complexity index is 506. The molecule has 0 bridgehead atoms. The number of hydrogen-bond acceptors (Lipinski definition) is 4. The summed E-state index contributed by atoms with van der Waals surface area (Å²) in [6, 6.07) is 4.07. The molecule has 0 saturated carbocycles. The van der Waals surface area contributed by atoms with Gasteiger partial charge < -0.3 is 9.47 Å². The Balaban J connectivity index is 2.88. The highest BCUT2D eigenvalue weighted by Gasteiger charge is 2.31. The molecule has 114 valence electrons. The van der Waals surface area contributed by atoms with Crippen LogP contribution in [0.25, 0.3) is 0 Å². The lowest BCUT2D eigenvalue weighted by atomic mass is 10.1. The monoisotopic (exact) mass is 301 g/mol. The van der Waals surface area contributed by atoms with E-state index in [2.05, 4.69) is 16.0 Å². The molecule has 1 aromatic rings. The van der Waals surface area contributed by atoms with E-state index in [1.807, 2.05) is 0 Å². The van der Waals surface area contributed by atoms with Gasteiger partial charge in [-0.25, -0.2) is 4.79 Å². The van der Waals surface area contributed by atoms with Gasteiger partial charge in [0.05, 0.1) is 13.2 Å². The van der Waals surface area contributed by atoms with Crippen molar-refractivity contribution in [3.8, 4) is 18.1 Å². The summed E-state index contributed by atoms with van der Waals surface area (Å²) < 4.78 is 44.8. The highest BCUT2D eigenvalue weighted by Crippen LogP contribution is 2.24. The predicted octanol–water partition coefficient (Wildman–Crippen LogP) is 2.41. The third-order valence-corrected chi connectivity index (χ3v) is 2.38. The molecule has 0 saturated heterocycles. The molecule has 1 N–H and O–H groups in total. The van der Waals surface area contributed by atoms with Gasteiger partial charge in [0.25, 0.3) is 0 Å². The molecule has 0 fully saturated rings. The zero-order valence-electron chi connectivity index (χ0n) is 11.2. The molecule has 0 aliphatic rings. The maximum atomic E-state index is 12.1. The van der Waals surface area contributed by atoms with Crippen LogP contribution in [0.1, 0.15) is 18.5 Å². The van der Waals surface area contributed by atoms with Gasteiger partial charge in [0, 0.05) is 0 Å². The molecule has 0 aliphatic heterocycles. The zero-order chi connectivity index (χ0) is 15.9. The average molecular weight is 301 g/mol. The average Bonchev–Trinajstić information content (AvgIpc) is 2.39. The minimum Gasteiger partial charge on any atom is -0.465 e. The van der Waals surface area contributed by atoms with E-state index in [-0.39, 0.29) is 18.9 Å². The summed E-state index contributed by atoms with van der Waals surface area (Å²) >= 11 is 0. The molecule has 0 aromatic heterocycles. The lowest BCUT2D eigenvalue weighted by Gasteiger charge is -2.17. The molecule has 1 atom stereocenters. The first-order valence-electron chi connectivity index (χ1n) is 6.06. The van der Waals surface area contributed by atoms with E-state index >= 15 is 0 Å². The zero-order valence-corrected chi connectivity index (χ0v) is 11.2. The van der Waals surface area contributed by atoms with Crippen molar-refractivity contribution in [2.24, 2.45) is 0 Å². The van der Waals surface area contributed by atoms with Crippen molar-refractivity contribution in [1.82, 2.24) is 5.32 Å². The number of alkyl halides is 3. The van der Waals surface area contributed by atoms with E-state index in [0.717, 1.165) is 12.1 Å². The van der Waals surface area contributed by atoms with E-state index in [0.29, 0.717) is 5.56 Å². The van der Waals surface area contributed by atoms with Crippen LogP contribution in [0.4, 0.5) is 13.2 Å².